The van der Waals surface area contributed by atoms with E-state index in [2.05, 4.69) is 0 Å². The van der Waals surface area contributed by atoms with Gasteiger partial charge < -0.3 is 29.2 Å². The van der Waals surface area contributed by atoms with Crippen molar-refractivity contribution in [2.75, 3.05) is 14.2 Å². The first-order chi connectivity index (χ1) is 14.9. The van der Waals surface area contributed by atoms with E-state index in [1.165, 1.54) is 20.3 Å². The average molecular weight is 461 g/mol. The Hall–Kier alpha value is -3.29. The van der Waals surface area contributed by atoms with Crippen molar-refractivity contribution in [1.29, 1.82) is 0 Å². The number of halogens is 2. The molecule has 2 aliphatic rings. The smallest absolute Gasteiger partial charge is 0.340 e. The Morgan fingerprint density at radius 2 is 1.61 bits per heavy atom. The monoisotopic (exact) mass is 460 g/mol. The van der Waals surface area contributed by atoms with Crippen LogP contribution in [0.5, 0.6) is 34.5 Å². The molecular formula is C22H14Cl2O7. The van der Waals surface area contributed by atoms with Crippen LogP contribution in [0.1, 0.15) is 27.0 Å². The van der Waals surface area contributed by atoms with Crippen molar-refractivity contribution in [2.45, 2.75) is 5.60 Å². The van der Waals surface area contributed by atoms with Gasteiger partial charge in [-0.15, -0.1) is 0 Å². The summed E-state index contributed by atoms with van der Waals surface area (Å²) in [5.74, 6) is -1.23. The van der Waals surface area contributed by atoms with E-state index >= 15 is 0 Å². The molecule has 0 aliphatic carbocycles. The predicted octanol–water partition coefficient (Wildman–Crippen LogP) is 4.99. The minimum atomic E-state index is -1.58. The van der Waals surface area contributed by atoms with Gasteiger partial charge in [0, 0.05) is 11.1 Å². The quantitative estimate of drug-likeness (QED) is 0.520. The maximum atomic E-state index is 12.9. The van der Waals surface area contributed by atoms with Gasteiger partial charge in [-0.2, -0.15) is 0 Å². The minimum Gasteiger partial charge on any atom is -0.506 e. The molecule has 3 aromatic carbocycles. The van der Waals surface area contributed by atoms with Crippen LogP contribution in [0, 0.1) is 0 Å². The van der Waals surface area contributed by atoms with Crippen LogP contribution in [-0.2, 0) is 10.3 Å². The fourth-order valence-corrected chi connectivity index (χ4v) is 4.63. The van der Waals surface area contributed by atoms with Crippen molar-refractivity contribution in [3.05, 3.63) is 68.7 Å². The van der Waals surface area contributed by atoms with Crippen LogP contribution < -0.4 is 14.2 Å². The van der Waals surface area contributed by atoms with E-state index in [1.54, 1.807) is 30.3 Å². The summed E-state index contributed by atoms with van der Waals surface area (Å²) in [7, 11) is 2.72. The maximum absolute atomic E-state index is 12.9. The fourth-order valence-electron chi connectivity index (χ4n) is 4.20. The number of esters is 1. The third-order valence-electron chi connectivity index (χ3n) is 5.48. The zero-order valence-corrected chi connectivity index (χ0v) is 17.7. The normalized spacial score (nSPS) is 18.0. The molecule has 0 amide bonds. The lowest BCUT2D eigenvalue weighted by Crippen LogP contribution is -2.34. The number of carbonyl (C=O) groups excluding carboxylic acids is 1. The summed E-state index contributed by atoms with van der Waals surface area (Å²) < 4.78 is 22.9. The van der Waals surface area contributed by atoms with E-state index in [0.717, 1.165) is 0 Å². The van der Waals surface area contributed by atoms with Crippen molar-refractivity contribution < 1.29 is 34.0 Å². The molecule has 2 N–H and O–H groups in total. The number of phenolic OH excluding ortho intramolecular Hbond substituents is 2. The Kier molecular flexibility index (Phi) is 4.19. The number of hydrogen-bond donors (Lipinski definition) is 2. The lowest BCUT2D eigenvalue weighted by molar-refractivity contribution is 0.0215. The molecule has 0 radical (unpaired) electrons. The highest BCUT2D eigenvalue weighted by atomic mass is 35.5. The lowest BCUT2D eigenvalue weighted by atomic mass is 9.77. The van der Waals surface area contributed by atoms with Gasteiger partial charge in [0.1, 0.15) is 15.8 Å². The maximum Gasteiger partial charge on any atom is 0.340 e. The molecule has 7 nitrogen and oxygen atoms in total. The fraction of sp³-hybridized carbons (Fsp3) is 0.136. The van der Waals surface area contributed by atoms with E-state index in [9.17, 15) is 15.0 Å². The van der Waals surface area contributed by atoms with Crippen LogP contribution in [0.15, 0.2) is 36.4 Å². The third-order valence-corrected chi connectivity index (χ3v) is 6.19. The molecule has 1 spiro atoms. The molecule has 9 heteroatoms. The molecule has 1 unspecified atom stereocenters. The zero-order chi connectivity index (χ0) is 22.1. The lowest BCUT2D eigenvalue weighted by Gasteiger charge is -2.38. The summed E-state index contributed by atoms with van der Waals surface area (Å²) in [4.78, 5) is 12.9. The van der Waals surface area contributed by atoms with E-state index in [0.29, 0.717) is 16.7 Å². The van der Waals surface area contributed by atoms with Gasteiger partial charge in [-0.25, -0.2) is 4.79 Å². The molecule has 0 fully saturated rings. The van der Waals surface area contributed by atoms with Gasteiger partial charge in [-0.3, -0.25) is 0 Å². The zero-order valence-electron chi connectivity index (χ0n) is 16.2. The van der Waals surface area contributed by atoms with Crippen molar-refractivity contribution in [1.82, 2.24) is 0 Å². The first-order valence-electron chi connectivity index (χ1n) is 9.06. The summed E-state index contributed by atoms with van der Waals surface area (Å²) in [5, 5.41) is 20.5. The Morgan fingerprint density at radius 1 is 0.903 bits per heavy atom. The molecule has 2 aliphatic heterocycles. The highest BCUT2D eigenvalue weighted by Crippen LogP contribution is 2.65. The highest BCUT2D eigenvalue weighted by Gasteiger charge is 2.57. The molecular weight excluding hydrogens is 447 g/mol. The van der Waals surface area contributed by atoms with E-state index in [-0.39, 0.29) is 44.4 Å². The highest BCUT2D eigenvalue weighted by molar-refractivity contribution is 6.35. The summed E-state index contributed by atoms with van der Waals surface area (Å²) >= 11 is 12.8. The molecule has 0 bridgehead atoms. The number of rotatable bonds is 2. The first-order valence-corrected chi connectivity index (χ1v) is 9.81. The number of aromatic hydroxyl groups is 2. The molecule has 0 aromatic heterocycles. The number of ether oxygens (including phenoxy) is 4. The van der Waals surface area contributed by atoms with Gasteiger partial charge in [0.05, 0.1) is 25.3 Å². The summed E-state index contributed by atoms with van der Waals surface area (Å²) in [5.41, 5.74) is -0.181. The van der Waals surface area contributed by atoms with Crippen LogP contribution in [0.2, 0.25) is 10.0 Å². The molecule has 0 saturated heterocycles. The van der Waals surface area contributed by atoms with Gasteiger partial charge >= 0.3 is 5.97 Å². The van der Waals surface area contributed by atoms with Crippen molar-refractivity contribution in [3.8, 4) is 34.5 Å². The van der Waals surface area contributed by atoms with E-state index in [4.69, 9.17) is 42.1 Å². The number of benzene rings is 3. The Morgan fingerprint density at radius 3 is 2.32 bits per heavy atom. The summed E-state index contributed by atoms with van der Waals surface area (Å²) in [6.07, 6.45) is 0. The van der Waals surface area contributed by atoms with Crippen molar-refractivity contribution >= 4 is 29.2 Å². The van der Waals surface area contributed by atoms with E-state index in [1.807, 2.05) is 0 Å². The van der Waals surface area contributed by atoms with Crippen LogP contribution in [0.3, 0.4) is 0 Å². The standard InChI is InChI=1S/C22H14Cl2O7/c1-28-19-13-18(15(24)16(26)20(19)29-2)30-17-11(7-8-12(25)14(17)23)22(13)10-6-4-3-5-9(10)21(27)31-22/h3-8,25-26H,1-2H3. The third kappa shape index (κ3) is 2.33. The predicted molar refractivity (Wildman–Crippen MR) is 111 cm³/mol. The molecule has 158 valence electrons. The summed E-state index contributed by atoms with van der Waals surface area (Å²) in [6.45, 7) is 0. The van der Waals surface area contributed by atoms with Gasteiger partial charge in [0.25, 0.3) is 0 Å². The minimum absolute atomic E-state index is 0.0344. The van der Waals surface area contributed by atoms with Gasteiger partial charge in [0.2, 0.25) is 5.75 Å². The summed E-state index contributed by atoms with van der Waals surface area (Å²) in [6, 6.07) is 9.75. The topological polar surface area (TPSA) is 94.5 Å². The number of hydrogen-bond acceptors (Lipinski definition) is 7. The SMILES string of the molecule is COc1c(O)c(Cl)c2c(c1OC)C1(OC(=O)c3ccccc31)c1ccc(O)c(Cl)c1O2. The van der Waals surface area contributed by atoms with Gasteiger partial charge in [0.15, 0.2) is 28.6 Å². The molecule has 3 aromatic rings. The van der Waals surface area contributed by atoms with Crippen LogP contribution >= 0.6 is 23.2 Å². The second-order valence-corrected chi connectivity index (χ2v) is 7.68. The van der Waals surface area contributed by atoms with Crippen molar-refractivity contribution in [3.63, 3.8) is 0 Å². The number of methoxy groups -OCH3 is 2. The number of fused-ring (bicyclic) bond motifs is 6. The van der Waals surface area contributed by atoms with Gasteiger partial charge in [-0.05, 0) is 18.2 Å². The van der Waals surface area contributed by atoms with Gasteiger partial charge in [-0.1, -0.05) is 41.4 Å². The molecule has 31 heavy (non-hydrogen) atoms. The largest absolute Gasteiger partial charge is 0.506 e. The molecule has 2 heterocycles. The molecule has 1 atom stereocenters. The van der Waals surface area contributed by atoms with Crippen LogP contribution in [-0.4, -0.2) is 30.4 Å². The van der Waals surface area contributed by atoms with E-state index < -0.39 is 17.3 Å². The Bertz CT molecular complexity index is 1290. The molecule has 5 rings (SSSR count). The Labute approximate surface area is 186 Å². The Balaban J connectivity index is 2.02. The first kappa shape index (κ1) is 19.7. The number of phenols is 2. The second-order valence-electron chi connectivity index (χ2n) is 6.93. The second kappa shape index (κ2) is 6.60. The van der Waals surface area contributed by atoms with Crippen LogP contribution in [0.4, 0.5) is 0 Å². The average Bonchev–Trinajstić information content (AvgIpc) is 3.06. The van der Waals surface area contributed by atoms with Crippen molar-refractivity contribution in [2.24, 2.45) is 0 Å². The number of carbonyl (C=O) groups is 1. The van der Waals surface area contributed by atoms with Crippen LogP contribution in [0.25, 0.3) is 0 Å². The molecule has 0 saturated carbocycles.